The highest BCUT2D eigenvalue weighted by Crippen LogP contribution is 2.15. The standard InChI is InChI=1S/C19H21ClN2O/c1-15-5-7-17(8-6-15)19(23)22-11-9-21(10-12-22)14-16-3-2-4-18(20)13-16/h2-8,13H,9-12,14H2,1H3. The van der Waals surface area contributed by atoms with Gasteiger partial charge >= 0.3 is 0 Å². The van der Waals surface area contributed by atoms with E-state index in [2.05, 4.69) is 11.0 Å². The van der Waals surface area contributed by atoms with Crippen LogP contribution >= 0.6 is 11.6 Å². The molecule has 0 aliphatic carbocycles. The van der Waals surface area contributed by atoms with Gasteiger partial charge in [0.05, 0.1) is 0 Å². The largest absolute Gasteiger partial charge is 0.336 e. The van der Waals surface area contributed by atoms with Crippen LogP contribution in [0.5, 0.6) is 0 Å². The van der Waals surface area contributed by atoms with Crippen molar-refractivity contribution in [2.24, 2.45) is 0 Å². The van der Waals surface area contributed by atoms with Crippen molar-refractivity contribution in [1.82, 2.24) is 9.80 Å². The summed E-state index contributed by atoms with van der Waals surface area (Å²) in [6.07, 6.45) is 0. The summed E-state index contributed by atoms with van der Waals surface area (Å²) < 4.78 is 0. The third-order valence-electron chi connectivity index (χ3n) is 4.25. The molecule has 2 aromatic carbocycles. The van der Waals surface area contributed by atoms with Gasteiger partial charge in [0.1, 0.15) is 0 Å². The Bertz CT molecular complexity index is 676. The fourth-order valence-electron chi connectivity index (χ4n) is 2.88. The van der Waals surface area contributed by atoms with Crippen LogP contribution in [-0.4, -0.2) is 41.9 Å². The van der Waals surface area contributed by atoms with E-state index in [1.807, 2.05) is 54.3 Å². The normalized spacial score (nSPS) is 15.7. The van der Waals surface area contributed by atoms with Crippen molar-refractivity contribution < 1.29 is 4.79 Å². The molecule has 1 aliphatic rings. The Kier molecular flexibility index (Phi) is 4.99. The van der Waals surface area contributed by atoms with Gasteiger partial charge in [-0.3, -0.25) is 9.69 Å². The van der Waals surface area contributed by atoms with Crippen LogP contribution in [0, 0.1) is 6.92 Å². The number of aryl methyl sites for hydroxylation is 1. The van der Waals surface area contributed by atoms with E-state index < -0.39 is 0 Å². The molecule has 0 bridgehead atoms. The SMILES string of the molecule is Cc1ccc(C(=O)N2CCN(Cc3cccc(Cl)c3)CC2)cc1. The number of benzene rings is 2. The van der Waals surface area contributed by atoms with Gasteiger partial charge in [-0.15, -0.1) is 0 Å². The van der Waals surface area contributed by atoms with Gasteiger partial charge in [-0.1, -0.05) is 41.4 Å². The van der Waals surface area contributed by atoms with Gasteiger partial charge in [0.25, 0.3) is 5.91 Å². The Morgan fingerprint density at radius 1 is 1.04 bits per heavy atom. The van der Waals surface area contributed by atoms with Crippen LogP contribution in [0.15, 0.2) is 48.5 Å². The zero-order chi connectivity index (χ0) is 16.2. The fourth-order valence-corrected chi connectivity index (χ4v) is 3.09. The van der Waals surface area contributed by atoms with E-state index in [1.165, 1.54) is 11.1 Å². The van der Waals surface area contributed by atoms with Crippen molar-refractivity contribution in [2.75, 3.05) is 26.2 Å². The number of amides is 1. The van der Waals surface area contributed by atoms with E-state index in [9.17, 15) is 4.79 Å². The van der Waals surface area contributed by atoms with Gasteiger partial charge in [0.2, 0.25) is 0 Å². The minimum atomic E-state index is 0.132. The molecule has 0 saturated carbocycles. The van der Waals surface area contributed by atoms with Crippen LogP contribution in [0.2, 0.25) is 5.02 Å². The summed E-state index contributed by atoms with van der Waals surface area (Å²) in [7, 11) is 0. The van der Waals surface area contributed by atoms with E-state index in [0.717, 1.165) is 43.3 Å². The maximum atomic E-state index is 12.5. The van der Waals surface area contributed by atoms with Gasteiger partial charge in [0, 0.05) is 43.3 Å². The van der Waals surface area contributed by atoms with Crippen molar-refractivity contribution in [1.29, 1.82) is 0 Å². The molecule has 2 aromatic rings. The number of carbonyl (C=O) groups is 1. The summed E-state index contributed by atoms with van der Waals surface area (Å²) in [4.78, 5) is 16.8. The number of hydrogen-bond acceptors (Lipinski definition) is 2. The Hall–Kier alpha value is -1.84. The van der Waals surface area contributed by atoms with Crippen molar-refractivity contribution >= 4 is 17.5 Å². The molecule has 0 N–H and O–H groups in total. The first kappa shape index (κ1) is 16.0. The lowest BCUT2D eigenvalue weighted by molar-refractivity contribution is 0.0628. The molecular formula is C19H21ClN2O. The van der Waals surface area contributed by atoms with E-state index in [-0.39, 0.29) is 5.91 Å². The topological polar surface area (TPSA) is 23.6 Å². The maximum Gasteiger partial charge on any atom is 0.253 e. The molecule has 4 heteroatoms. The predicted octanol–water partition coefficient (Wildman–Crippen LogP) is 3.61. The molecule has 3 nitrogen and oxygen atoms in total. The van der Waals surface area contributed by atoms with Crippen molar-refractivity contribution in [3.05, 3.63) is 70.2 Å². The summed E-state index contributed by atoms with van der Waals surface area (Å²) in [5.74, 6) is 0.132. The molecule has 1 heterocycles. The zero-order valence-corrected chi connectivity index (χ0v) is 14.1. The zero-order valence-electron chi connectivity index (χ0n) is 13.3. The van der Waals surface area contributed by atoms with Gasteiger partial charge in [-0.2, -0.15) is 0 Å². The monoisotopic (exact) mass is 328 g/mol. The molecule has 0 aromatic heterocycles. The summed E-state index contributed by atoms with van der Waals surface area (Å²) in [5.41, 5.74) is 3.17. The second kappa shape index (κ2) is 7.16. The molecule has 0 unspecified atom stereocenters. The summed E-state index contributed by atoms with van der Waals surface area (Å²) in [6.45, 7) is 6.24. The van der Waals surface area contributed by atoms with Crippen LogP contribution in [0.25, 0.3) is 0 Å². The summed E-state index contributed by atoms with van der Waals surface area (Å²) in [5, 5.41) is 0.774. The summed E-state index contributed by atoms with van der Waals surface area (Å²) in [6, 6.07) is 15.8. The molecule has 1 aliphatic heterocycles. The lowest BCUT2D eigenvalue weighted by atomic mass is 10.1. The van der Waals surface area contributed by atoms with Gasteiger partial charge in [0.15, 0.2) is 0 Å². The summed E-state index contributed by atoms with van der Waals surface area (Å²) >= 11 is 6.03. The van der Waals surface area contributed by atoms with Crippen molar-refractivity contribution in [3.8, 4) is 0 Å². The first-order valence-corrected chi connectivity index (χ1v) is 8.32. The maximum absolute atomic E-state index is 12.5. The van der Waals surface area contributed by atoms with Gasteiger partial charge < -0.3 is 4.90 Å². The van der Waals surface area contributed by atoms with Crippen LogP contribution in [0.1, 0.15) is 21.5 Å². The van der Waals surface area contributed by atoms with Crippen molar-refractivity contribution in [2.45, 2.75) is 13.5 Å². The lowest BCUT2D eigenvalue weighted by Crippen LogP contribution is -2.48. The molecule has 0 atom stereocenters. The van der Waals surface area contributed by atoms with Crippen LogP contribution in [0.3, 0.4) is 0 Å². The number of piperazine rings is 1. The molecule has 1 amide bonds. The van der Waals surface area contributed by atoms with Gasteiger partial charge in [-0.05, 0) is 36.8 Å². The first-order chi connectivity index (χ1) is 11.1. The number of carbonyl (C=O) groups excluding carboxylic acids is 1. The smallest absolute Gasteiger partial charge is 0.253 e. The Morgan fingerprint density at radius 3 is 2.39 bits per heavy atom. The first-order valence-electron chi connectivity index (χ1n) is 7.94. The Labute approximate surface area is 142 Å². The minimum absolute atomic E-state index is 0.132. The molecule has 3 rings (SSSR count). The van der Waals surface area contributed by atoms with Crippen LogP contribution < -0.4 is 0 Å². The van der Waals surface area contributed by atoms with E-state index >= 15 is 0 Å². The molecular weight excluding hydrogens is 308 g/mol. The molecule has 0 radical (unpaired) electrons. The average molecular weight is 329 g/mol. The third kappa shape index (κ3) is 4.12. The highest BCUT2D eigenvalue weighted by molar-refractivity contribution is 6.30. The minimum Gasteiger partial charge on any atom is -0.336 e. The molecule has 1 saturated heterocycles. The second-order valence-electron chi connectivity index (χ2n) is 6.06. The Morgan fingerprint density at radius 2 is 1.74 bits per heavy atom. The van der Waals surface area contributed by atoms with E-state index in [1.54, 1.807) is 0 Å². The van der Waals surface area contributed by atoms with E-state index in [0.29, 0.717) is 0 Å². The average Bonchev–Trinajstić information content (AvgIpc) is 2.56. The predicted molar refractivity (Wildman–Crippen MR) is 93.8 cm³/mol. The Balaban J connectivity index is 1.55. The van der Waals surface area contributed by atoms with E-state index in [4.69, 9.17) is 11.6 Å². The molecule has 23 heavy (non-hydrogen) atoms. The quantitative estimate of drug-likeness (QED) is 0.859. The highest BCUT2D eigenvalue weighted by Gasteiger charge is 2.22. The van der Waals surface area contributed by atoms with Gasteiger partial charge in [-0.25, -0.2) is 0 Å². The van der Waals surface area contributed by atoms with Crippen molar-refractivity contribution in [3.63, 3.8) is 0 Å². The molecule has 1 fully saturated rings. The number of rotatable bonds is 3. The van der Waals surface area contributed by atoms with Crippen LogP contribution in [0.4, 0.5) is 0 Å². The molecule has 0 spiro atoms. The second-order valence-corrected chi connectivity index (χ2v) is 6.50. The lowest BCUT2D eigenvalue weighted by Gasteiger charge is -2.34. The molecule has 120 valence electrons. The third-order valence-corrected chi connectivity index (χ3v) is 4.49. The fraction of sp³-hybridized carbons (Fsp3) is 0.316. The highest BCUT2D eigenvalue weighted by atomic mass is 35.5. The number of halogens is 1. The van der Waals surface area contributed by atoms with Crippen LogP contribution in [-0.2, 0) is 6.54 Å². The number of hydrogen-bond donors (Lipinski definition) is 0. The number of nitrogens with zero attached hydrogens (tertiary/aromatic N) is 2.